The molecule has 1 saturated carbocycles. The van der Waals surface area contributed by atoms with Gasteiger partial charge in [0.15, 0.2) is 0 Å². The molecule has 12 heteroatoms. The van der Waals surface area contributed by atoms with Crippen molar-refractivity contribution in [1.82, 2.24) is 23.6 Å². The fourth-order valence-corrected chi connectivity index (χ4v) is 4.76. The molecule has 9 nitrogen and oxygen atoms in total. The number of hydrogen-bond acceptors (Lipinski definition) is 5. The number of fused-ring (bicyclic) bond motifs is 1. The lowest BCUT2D eigenvalue weighted by Gasteiger charge is -2.15. The Morgan fingerprint density at radius 3 is 2.53 bits per heavy atom. The number of sulfonamides is 1. The van der Waals surface area contributed by atoms with Gasteiger partial charge in [0.25, 0.3) is 5.56 Å². The maximum Gasteiger partial charge on any atom is 0.336 e. The second-order valence-corrected chi connectivity index (χ2v) is 9.37. The number of nitrogens with zero attached hydrogens (tertiary/aromatic N) is 4. The molecule has 0 unspecified atom stereocenters. The van der Waals surface area contributed by atoms with Crippen molar-refractivity contribution >= 4 is 20.9 Å². The van der Waals surface area contributed by atoms with Crippen molar-refractivity contribution < 1.29 is 17.2 Å². The van der Waals surface area contributed by atoms with E-state index in [1.807, 2.05) is 0 Å². The van der Waals surface area contributed by atoms with Gasteiger partial charge in [-0.3, -0.25) is 14.0 Å². The van der Waals surface area contributed by atoms with Gasteiger partial charge in [-0.1, -0.05) is 0 Å². The van der Waals surface area contributed by atoms with Gasteiger partial charge < -0.3 is 0 Å². The first-order chi connectivity index (χ1) is 14.0. The van der Waals surface area contributed by atoms with Crippen LogP contribution in [0.15, 0.2) is 45.1 Å². The Hall–Kier alpha value is -2.86. The first kappa shape index (κ1) is 20.4. The minimum Gasteiger partial charge on any atom is -0.275 e. The molecule has 4 rings (SSSR count). The van der Waals surface area contributed by atoms with Gasteiger partial charge in [-0.05, 0) is 38.0 Å². The smallest absolute Gasteiger partial charge is 0.275 e. The van der Waals surface area contributed by atoms with Gasteiger partial charge in [0, 0.05) is 24.3 Å². The van der Waals surface area contributed by atoms with Crippen LogP contribution in [-0.2, 0) is 23.6 Å². The highest BCUT2D eigenvalue weighted by molar-refractivity contribution is 7.89. The number of aromatic nitrogens is 4. The molecule has 2 aromatic heterocycles. The summed E-state index contributed by atoms with van der Waals surface area (Å²) in [4.78, 5) is 25.4. The van der Waals surface area contributed by atoms with Crippen LogP contribution in [-0.4, -0.2) is 32.9 Å². The molecule has 0 bridgehead atoms. The first-order valence-electron chi connectivity index (χ1n) is 9.09. The summed E-state index contributed by atoms with van der Waals surface area (Å²) in [6.45, 7) is -1.74. The lowest BCUT2D eigenvalue weighted by Crippen LogP contribution is -2.41. The Balaban J connectivity index is 1.92. The van der Waals surface area contributed by atoms with Crippen LogP contribution in [0, 0.1) is 0 Å². The number of halogens is 2. The number of rotatable bonds is 6. The van der Waals surface area contributed by atoms with E-state index in [-0.39, 0.29) is 26.9 Å². The molecular weight excluding hydrogens is 420 g/mol. The lowest BCUT2D eigenvalue weighted by molar-refractivity contribution is 0.0683. The van der Waals surface area contributed by atoms with Gasteiger partial charge >= 0.3 is 12.2 Å². The second kappa shape index (κ2) is 6.84. The zero-order valence-electron chi connectivity index (χ0n) is 16.2. The Labute approximate surface area is 169 Å². The van der Waals surface area contributed by atoms with Crippen molar-refractivity contribution in [2.75, 3.05) is 0 Å². The van der Waals surface area contributed by atoms with Gasteiger partial charge in [0.05, 0.1) is 28.5 Å². The van der Waals surface area contributed by atoms with Crippen molar-refractivity contribution in [2.24, 2.45) is 7.05 Å². The normalized spacial score (nSPS) is 15.8. The summed E-state index contributed by atoms with van der Waals surface area (Å²) < 4.78 is 57.5. The van der Waals surface area contributed by atoms with Gasteiger partial charge in [-0.15, -0.1) is 0 Å². The van der Waals surface area contributed by atoms with Crippen LogP contribution in [0.2, 0.25) is 0 Å². The predicted molar refractivity (Wildman–Crippen MR) is 104 cm³/mol. The molecule has 0 radical (unpaired) electrons. The molecular formula is C18H19F2N5O4S. The summed E-state index contributed by atoms with van der Waals surface area (Å²) in [5, 5.41) is 3.65. The molecule has 30 heavy (non-hydrogen) atoms. The predicted octanol–water partition coefficient (Wildman–Crippen LogP) is 1.17. The van der Waals surface area contributed by atoms with Crippen LogP contribution >= 0.6 is 0 Å². The first-order valence-corrected chi connectivity index (χ1v) is 10.6. The Kier molecular flexibility index (Phi) is 4.66. The molecule has 3 aromatic rings. The fourth-order valence-electron chi connectivity index (χ4n) is 3.27. The zero-order valence-corrected chi connectivity index (χ0v) is 17.0. The van der Waals surface area contributed by atoms with E-state index in [4.69, 9.17) is 0 Å². The van der Waals surface area contributed by atoms with Crippen molar-refractivity contribution in [1.29, 1.82) is 0 Å². The van der Waals surface area contributed by atoms with E-state index in [2.05, 4.69) is 9.82 Å². The summed E-state index contributed by atoms with van der Waals surface area (Å²) >= 11 is 0. The van der Waals surface area contributed by atoms with Gasteiger partial charge in [0.2, 0.25) is 10.0 Å². The molecule has 1 N–H and O–H groups in total. The molecule has 160 valence electrons. The van der Waals surface area contributed by atoms with Gasteiger partial charge in [-0.2, -0.15) is 13.9 Å². The van der Waals surface area contributed by atoms with E-state index >= 15 is 0 Å². The highest BCUT2D eigenvalue weighted by Crippen LogP contribution is 2.36. The number of aryl methyl sites for hydroxylation is 1. The van der Waals surface area contributed by atoms with Gasteiger partial charge in [-0.25, -0.2) is 22.5 Å². The summed E-state index contributed by atoms with van der Waals surface area (Å²) in [7, 11) is -2.33. The summed E-state index contributed by atoms with van der Waals surface area (Å²) in [6.07, 6.45) is 4.32. The Morgan fingerprint density at radius 2 is 1.97 bits per heavy atom. The van der Waals surface area contributed by atoms with E-state index in [1.165, 1.54) is 10.9 Å². The fraction of sp³-hybridized carbons (Fsp3) is 0.389. The number of hydrogen-bond donors (Lipinski definition) is 1. The molecule has 1 aliphatic carbocycles. The summed E-state index contributed by atoms with van der Waals surface area (Å²) in [5.74, 6) is 0. The monoisotopic (exact) mass is 439 g/mol. The summed E-state index contributed by atoms with van der Waals surface area (Å²) in [6, 6.07) is 3.20. The lowest BCUT2D eigenvalue weighted by atomic mass is 10.2. The SMILES string of the molecule is Cn1cc(Cn2c(=O)c3cc(S(=O)(=O)NC4(C)CC4)ccc3n(C(F)F)c2=O)cn1. The molecule has 1 aromatic carbocycles. The summed E-state index contributed by atoms with van der Waals surface area (Å²) in [5.41, 5.74) is -2.46. The average Bonchev–Trinajstić information content (AvgIpc) is 3.22. The molecule has 0 spiro atoms. The van der Waals surface area contributed by atoms with Crippen LogP contribution in [0.3, 0.4) is 0 Å². The Morgan fingerprint density at radius 1 is 1.27 bits per heavy atom. The standard InChI is InChI=1S/C18H19F2N5O4S/c1-18(5-6-18)22-30(28,29)12-3-4-14-13(7-12)15(26)24(17(27)25(14)16(19)20)10-11-8-21-23(2)9-11/h3-4,7-9,16,22H,5-6,10H2,1-2H3. The van der Waals surface area contributed by atoms with Crippen molar-refractivity contribution in [3.63, 3.8) is 0 Å². The van der Waals surface area contributed by atoms with Crippen LogP contribution in [0.25, 0.3) is 10.9 Å². The molecule has 0 saturated heterocycles. The highest BCUT2D eigenvalue weighted by Gasteiger charge is 2.41. The van der Waals surface area contributed by atoms with Crippen molar-refractivity contribution in [2.45, 2.75) is 43.3 Å². The average molecular weight is 439 g/mol. The number of nitrogens with one attached hydrogen (secondary N) is 1. The van der Waals surface area contributed by atoms with Crippen molar-refractivity contribution in [3.05, 3.63) is 57.0 Å². The third-order valence-electron chi connectivity index (χ3n) is 5.13. The molecule has 2 heterocycles. The van der Waals surface area contributed by atoms with Gasteiger partial charge in [0.1, 0.15) is 0 Å². The van der Waals surface area contributed by atoms with Crippen LogP contribution in [0.1, 0.15) is 31.9 Å². The minimum absolute atomic E-state index is 0.180. The third-order valence-corrected chi connectivity index (χ3v) is 6.76. The van der Waals surface area contributed by atoms with Crippen LogP contribution in [0.5, 0.6) is 0 Å². The van der Waals surface area contributed by atoms with E-state index in [1.54, 1.807) is 20.2 Å². The largest absolute Gasteiger partial charge is 0.336 e. The number of benzene rings is 1. The van der Waals surface area contributed by atoms with E-state index < -0.39 is 33.4 Å². The molecule has 1 aliphatic rings. The van der Waals surface area contributed by atoms with E-state index in [0.717, 1.165) is 18.2 Å². The van der Waals surface area contributed by atoms with E-state index in [9.17, 15) is 26.8 Å². The highest BCUT2D eigenvalue weighted by atomic mass is 32.2. The molecule has 0 atom stereocenters. The zero-order chi connectivity index (χ0) is 21.8. The van der Waals surface area contributed by atoms with Crippen molar-refractivity contribution in [3.8, 4) is 0 Å². The maximum absolute atomic E-state index is 13.7. The Bertz CT molecular complexity index is 1370. The van der Waals surface area contributed by atoms with E-state index in [0.29, 0.717) is 23.0 Å². The maximum atomic E-state index is 13.7. The molecule has 0 aliphatic heterocycles. The number of alkyl halides is 2. The topological polar surface area (TPSA) is 108 Å². The van der Waals surface area contributed by atoms with Crippen LogP contribution < -0.4 is 16.0 Å². The minimum atomic E-state index is -3.96. The molecule has 1 fully saturated rings. The van der Waals surface area contributed by atoms with Crippen LogP contribution in [0.4, 0.5) is 8.78 Å². The second-order valence-electron chi connectivity index (χ2n) is 7.69. The third kappa shape index (κ3) is 3.56. The molecule has 0 amide bonds. The quantitative estimate of drug-likeness (QED) is 0.620.